The number of para-hydroxylation sites is 1. The number of carboxylic acid groups (broad SMARTS) is 1. The zero-order valence-electron chi connectivity index (χ0n) is 12.6. The third kappa shape index (κ3) is 2.80. The molecule has 0 bridgehead atoms. The van der Waals surface area contributed by atoms with Crippen LogP contribution in [0.5, 0.6) is 0 Å². The molecule has 0 spiro atoms. The summed E-state index contributed by atoms with van der Waals surface area (Å²) in [5, 5.41) is 13.0. The van der Waals surface area contributed by atoms with Crippen molar-refractivity contribution in [3.63, 3.8) is 0 Å². The number of carboxylic acids is 1. The Kier molecular flexibility index (Phi) is 4.17. The van der Waals surface area contributed by atoms with Gasteiger partial charge in [-0.25, -0.2) is 14.5 Å². The van der Waals surface area contributed by atoms with Crippen LogP contribution in [0.1, 0.15) is 32.4 Å². The van der Waals surface area contributed by atoms with Crippen molar-refractivity contribution >= 4 is 11.8 Å². The second kappa shape index (κ2) is 6.43. The van der Waals surface area contributed by atoms with Gasteiger partial charge >= 0.3 is 5.97 Å². The predicted octanol–water partition coefficient (Wildman–Crippen LogP) is 1.66. The van der Waals surface area contributed by atoms with Crippen LogP contribution in [-0.4, -0.2) is 31.6 Å². The van der Waals surface area contributed by atoms with E-state index >= 15 is 0 Å². The summed E-state index contributed by atoms with van der Waals surface area (Å²) in [6.07, 6.45) is 0. The van der Waals surface area contributed by atoms with Gasteiger partial charge in [-0.05, 0) is 12.1 Å². The normalized spacial score (nSPS) is 10.5. The highest BCUT2D eigenvalue weighted by atomic mass is 16.4. The number of hydrogen-bond acceptors (Lipinski definition) is 5. The van der Waals surface area contributed by atoms with E-state index in [4.69, 9.17) is 10.8 Å². The first-order valence-corrected chi connectivity index (χ1v) is 7.20. The molecule has 7 nitrogen and oxygen atoms in total. The van der Waals surface area contributed by atoms with E-state index < -0.39 is 5.97 Å². The first-order chi connectivity index (χ1) is 11.6. The Morgan fingerprint density at radius 3 is 2.38 bits per heavy atom. The maximum atomic E-state index is 12.8. The molecule has 0 saturated carbocycles. The molecule has 3 rings (SSSR count). The van der Waals surface area contributed by atoms with Gasteiger partial charge in [-0.3, -0.25) is 4.79 Å². The Labute approximate surface area is 137 Å². The fraction of sp³-hybridized carbons (Fsp3) is 0.0588. The van der Waals surface area contributed by atoms with Crippen LogP contribution in [0.3, 0.4) is 0 Å². The minimum Gasteiger partial charge on any atom is -0.475 e. The zero-order chi connectivity index (χ0) is 17.1. The first kappa shape index (κ1) is 15.6. The van der Waals surface area contributed by atoms with Crippen LogP contribution in [0.25, 0.3) is 5.69 Å². The van der Waals surface area contributed by atoms with Gasteiger partial charge in [0.1, 0.15) is 5.82 Å². The third-order valence-corrected chi connectivity index (χ3v) is 3.46. The van der Waals surface area contributed by atoms with Crippen molar-refractivity contribution in [2.75, 3.05) is 0 Å². The van der Waals surface area contributed by atoms with Gasteiger partial charge in [0.25, 0.3) is 5.82 Å². The number of aromatic carboxylic acids is 1. The van der Waals surface area contributed by atoms with Crippen LogP contribution in [0.2, 0.25) is 0 Å². The molecule has 0 aliphatic heterocycles. The summed E-state index contributed by atoms with van der Waals surface area (Å²) < 4.78 is 1.31. The van der Waals surface area contributed by atoms with E-state index in [0.29, 0.717) is 16.8 Å². The molecule has 0 saturated heterocycles. The van der Waals surface area contributed by atoms with Crippen molar-refractivity contribution in [2.24, 2.45) is 5.73 Å². The number of benzene rings is 2. The minimum absolute atomic E-state index is 0.00581. The minimum atomic E-state index is -1.25. The Morgan fingerprint density at radius 1 is 1.04 bits per heavy atom. The molecule has 3 aromatic rings. The molecule has 3 N–H and O–H groups in total. The SMILES string of the molecule is NCc1nc(C(=O)O)nn1-c1ccccc1C(=O)c1ccccc1. The number of nitrogens with two attached hydrogens (primary N) is 1. The third-order valence-electron chi connectivity index (χ3n) is 3.46. The van der Waals surface area contributed by atoms with Gasteiger partial charge in [0, 0.05) is 11.1 Å². The number of carbonyl (C=O) groups excluding carboxylic acids is 1. The van der Waals surface area contributed by atoms with E-state index in [-0.39, 0.29) is 24.0 Å². The zero-order valence-corrected chi connectivity index (χ0v) is 12.6. The van der Waals surface area contributed by atoms with Gasteiger partial charge in [0.2, 0.25) is 0 Å². The second-order valence-electron chi connectivity index (χ2n) is 4.99. The van der Waals surface area contributed by atoms with E-state index in [0.717, 1.165) is 0 Å². The van der Waals surface area contributed by atoms with Crippen molar-refractivity contribution < 1.29 is 14.7 Å². The highest BCUT2D eigenvalue weighted by molar-refractivity contribution is 6.11. The molecule has 0 unspecified atom stereocenters. The lowest BCUT2D eigenvalue weighted by Crippen LogP contribution is -2.13. The molecule has 1 aromatic heterocycles. The van der Waals surface area contributed by atoms with Crippen LogP contribution in [0, 0.1) is 0 Å². The summed E-state index contributed by atoms with van der Waals surface area (Å²) >= 11 is 0. The van der Waals surface area contributed by atoms with E-state index in [2.05, 4.69) is 10.1 Å². The van der Waals surface area contributed by atoms with Crippen LogP contribution >= 0.6 is 0 Å². The first-order valence-electron chi connectivity index (χ1n) is 7.20. The average Bonchev–Trinajstić information content (AvgIpc) is 3.06. The highest BCUT2D eigenvalue weighted by Crippen LogP contribution is 2.19. The topological polar surface area (TPSA) is 111 Å². The second-order valence-corrected chi connectivity index (χ2v) is 4.99. The summed E-state index contributed by atoms with van der Waals surface area (Å²) in [6.45, 7) is -0.00581. The van der Waals surface area contributed by atoms with Crippen molar-refractivity contribution in [3.8, 4) is 5.69 Å². The van der Waals surface area contributed by atoms with Crippen molar-refractivity contribution in [1.82, 2.24) is 14.8 Å². The molecule has 0 radical (unpaired) electrons. The highest BCUT2D eigenvalue weighted by Gasteiger charge is 2.20. The largest absolute Gasteiger partial charge is 0.475 e. The number of ketones is 1. The standard InChI is InChI=1S/C17H14N4O3/c18-10-14-19-16(17(23)24)20-21(14)13-9-5-4-8-12(13)15(22)11-6-2-1-3-7-11/h1-9H,10,18H2,(H,23,24). The van der Waals surface area contributed by atoms with Gasteiger partial charge < -0.3 is 10.8 Å². The van der Waals surface area contributed by atoms with Crippen molar-refractivity contribution in [3.05, 3.63) is 77.4 Å². The number of carbonyl (C=O) groups is 2. The fourth-order valence-electron chi connectivity index (χ4n) is 2.36. The predicted molar refractivity (Wildman–Crippen MR) is 86.1 cm³/mol. The quantitative estimate of drug-likeness (QED) is 0.691. The van der Waals surface area contributed by atoms with Crippen molar-refractivity contribution in [2.45, 2.75) is 6.54 Å². The summed E-state index contributed by atoms with van der Waals surface area (Å²) in [7, 11) is 0. The number of nitrogens with zero attached hydrogens (tertiary/aromatic N) is 3. The van der Waals surface area contributed by atoms with Crippen LogP contribution in [0.15, 0.2) is 54.6 Å². The molecule has 120 valence electrons. The molecule has 0 fully saturated rings. The van der Waals surface area contributed by atoms with Gasteiger partial charge in [-0.15, -0.1) is 5.10 Å². The van der Waals surface area contributed by atoms with Crippen LogP contribution < -0.4 is 5.73 Å². The summed E-state index contributed by atoms with van der Waals surface area (Å²) in [5.41, 5.74) is 6.99. The lowest BCUT2D eigenvalue weighted by Gasteiger charge is -2.10. The Morgan fingerprint density at radius 2 is 1.71 bits per heavy atom. The summed E-state index contributed by atoms with van der Waals surface area (Å²) in [6, 6.07) is 15.6. The number of rotatable bonds is 5. The molecule has 0 amide bonds. The Hall–Kier alpha value is -3.32. The number of hydrogen-bond donors (Lipinski definition) is 2. The molecule has 2 aromatic carbocycles. The van der Waals surface area contributed by atoms with E-state index in [1.165, 1.54) is 4.68 Å². The van der Waals surface area contributed by atoms with Crippen LogP contribution in [0.4, 0.5) is 0 Å². The lowest BCUT2D eigenvalue weighted by atomic mass is 10.0. The average molecular weight is 322 g/mol. The summed E-state index contributed by atoms with van der Waals surface area (Å²) in [5.74, 6) is -1.55. The van der Waals surface area contributed by atoms with E-state index in [9.17, 15) is 9.59 Å². The molecular formula is C17H14N4O3. The van der Waals surface area contributed by atoms with E-state index in [1.807, 2.05) is 6.07 Å². The maximum Gasteiger partial charge on any atom is 0.375 e. The fourth-order valence-corrected chi connectivity index (χ4v) is 2.36. The monoisotopic (exact) mass is 322 g/mol. The molecule has 0 aliphatic rings. The molecule has 0 atom stereocenters. The lowest BCUT2D eigenvalue weighted by molar-refractivity contribution is 0.0683. The molecule has 0 aliphatic carbocycles. The number of aromatic nitrogens is 3. The Balaban J connectivity index is 2.14. The molecule has 1 heterocycles. The van der Waals surface area contributed by atoms with Gasteiger partial charge in [0.15, 0.2) is 5.78 Å². The maximum absolute atomic E-state index is 12.8. The molecule has 7 heteroatoms. The Bertz CT molecular complexity index is 903. The van der Waals surface area contributed by atoms with Gasteiger partial charge in [-0.2, -0.15) is 0 Å². The molecule has 24 heavy (non-hydrogen) atoms. The van der Waals surface area contributed by atoms with Crippen molar-refractivity contribution in [1.29, 1.82) is 0 Å². The molecular weight excluding hydrogens is 308 g/mol. The van der Waals surface area contributed by atoms with Gasteiger partial charge in [-0.1, -0.05) is 42.5 Å². The van der Waals surface area contributed by atoms with Crippen LogP contribution in [-0.2, 0) is 6.54 Å². The van der Waals surface area contributed by atoms with E-state index in [1.54, 1.807) is 48.5 Å². The summed E-state index contributed by atoms with van der Waals surface area (Å²) in [4.78, 5) is 27.8. The smallest absolute Gasteiger partial charge is 0.375 e. The van der Waals surface area contributed by atoms with Gasteiger partial charge in [0.05, 0.1) is 12.2 Å².